The molecule has 0 amide bonds. The van der Waals surface area contributed by atoms with Gasteiger partial charge in [-0.15, -0.1) is 0 Å². The Morgan fingerprint density at radius 3 is 2.72 bits per heavy atom. The highest BCUT2D eigenvalue weighted by Gasteiger charge is 2.17. The first-order valence-corrected chi connectivity index (χ1v) is 6.88. The maximum absolute atomic E-state index is 12.1. The van der Waals surface area contributed by atoms with Crippen LogP contribution in [-0.4, -0.2) is 12.9 Å². The van der Waals surface area contributed by atoms with Crippen LogP contribution >= 0.6 is 0 Å². The SMILES string of the molecule is COc1cc(C(=O)CCC2CCCC2)ccc1C. The quantitative estimate of drug-likeness (QED) is 0.729. The molecule has 0 aliphatic heterocycles. The number of carbonyl (C=O) groups is 1. The number of aryl methyl sites for hydroxylation is 1. The molecule has 1 aromatic carbocycles. The van der Waals surface area contributed by atoms with Crippen molar-refractivity contribution in [2.24, 2.45) is 5.92 Å². The van der Waals surface area contributed by atoms with Gasteiger partial charge in [0.2, 0.25) is 0 Å². The summed E-state index contributed by atoms with van der Waals surface area (Å²) in [5.41, 5.74) is 1.86. The fraction of sp³-hybridized carbons (Fsp3) is 0.562. The van der Waals surface area contributed by atoms with E-state index in [-0.39, 0.29) is 5.78 Å². The van der Waals surface area contributed by atoms with Crippen molar-refractivity contribution in [2.45, 2.75) is 45.4 Å². The summed E-state index contributed by atoms with van der Waals surface area (Å²) < 4.78 is 5.26. The Labute approximate surface area is 109 Å². The molecular weight excluding hydrogens is 224 g/mol. The summed E-state index contributed by atoms with van der Waals surface area (Å²) in [6.45, 7) is 1.99. The molecule has 0 bridgehead atoms. The molecule has 0 atom stereocenters. The van der Waals surface area contributed by atoms with Gasteiger partial charge in [0.1, 0.15) is 5.75 Å². The highest BCUT2D eigenvalue weighted by molar-refractivity contribution is 5.96. The van der Waals surface area contributed by atoms with Gasteiger partial charge in [-0.25, -0.2) is 0 Å². The third kappa shape index (κ3) is 3.12. The third-order valence-electron chi connectivity index (χ3n) is 3.98. The standard InChI is InChI=1S/C16H22O2/c1-12-7-9-14(11-16(12)18-2)15(17)10-8-13-5-3-4-6-13/h7,9,11,13H,3-6,8,10H2,1-2H3. The Hall–Kier alpha value is -1.31. The number of ether oxygens (including phenoxy) is 1. The van der Waals surface area contributed by atoms with E-state index >= 15 is 0 Å². The molecule has 0 radical (unpaired) electrons. The summed E-state index contributed by atoms with van der Waals surface area (Å²) in [5.74, 6) is 1.84. The molecule has 2 nitrogen and oxygen atoms in total. The minimum absolute atomic E-state index is 0.250. The molecule has 18 heavy (non-hydrogen) atoms. The van der Waals surface area contributed by atoms with Gasteiger partial charge >= 0.3 is 0 Å². The van der Waals surface area contributed by atoms with Gasteiger partial charge in [-0.05, 0) is 30.9 Å². The van der Waals surface area contributed by atoms with Crippen molar-refractivity contribution >= 4 is 5.78 Å². The van der Waals surface area contributed by atoms with Gasteiger partial charge in [-0.3, -0.25) is 4.79 Å². The highest BCUT2D eigenvalue weighted by atomic mass is 16.5. The fourth-order valence-electron chi connectivity index (χ4n) is 2.77. The maximum Gasteiger partial charge on any atom is 0.163 e. The van der Waals surface area contributed by atoms with Crippen LogP contribution in [0.15, 0.2) is 18.2 Å². The van der Waals surface area contributed by atoms with Crippen molar-refractivity contribution in [1.82, 2.24) is 0 Å². The Kier molecular flexibility index (Phi) is 4.40. The molecule has 1 saturated carbocycles. The number of benzene rings is 1. The van der Waals surface area contributed by atoms with Gasteiger partial charge < -0.3 is 4.74 Å². The van der Waals surface area contributed by atoms with Crippen molar-refractivity contribution in [3.8, 4) is 5.75 Å². The molecule has 0 spiro atoms. The molecule has 0 aromatic heterocycles. The largest absolute Gasteiger partial charge is 0.496 e. The smallest absolute Gasteiger partial charge is 0.163 e. The first-order chi connectivity index (χ1) is 8.70. The number of hydrogen-bond donors (Lipinski definition) is 0. The Bertz CT molecular complexity index is 417. The van der Waals surface area contributed by atoms with E-state index in [9.17, 15) is 4.79 Å². The van der Waals surface area contributed by atoms with Crippen LogP contribution in [0.5, 0.6) is 5.75 Å². The zero-order valence-electron chi connectivity index (χ0n) is 11.4. The van der Waals surface area contributed by atoms with E-state index in [2.05, 4.69) is 0 Å². The molecular formula is C16H22O2. The predicted molar refractivity (Wildman–Crippen MR) is 73.3 cm³/mol. The van der Waals surface area contributed by atoms with E-state index in [1.165, 1.54) is 25.7 Å². The van der Waals surface area contributed by atoms with Gasteiger partial charge in [0.25, 0.3) is 0 Å². The van der Waals surface area contributed by atoms with E-state index in [0.29, 0.717) is 6.42 Å². The molecule has 0 N–H and O–H groups in total. The average Bonchev–Trinajstić information content (AvgIpc) is 2.89. The Balaban J connectivity index is 1.95. The van der Waals surface area contributed by atoms with E-state index in [4.69, 9.17) is 4.74 Å². The summed E-state index contributed by atoms with van der Waals surface area (Å²) in [6, 6.07) is 5.74. The average molecular weight is 246 g/mol. The van der Waals surface area contributed by atoms with Crippen molar-refractivity contribution < 1.29 is 9.53 Å². The van der Waals surface area contributed by atoms with Crippen LogP contribution in [0, 0.1) is 12.8 Å². The zero-order chi connectivity index (χ0) is 13.0. The van der Waals surface area contributed by atoms with E-state index in [1.54, 1.807) is 7.11 Å². The van der Waals surface area contributed by atoms with Gasteiger partial charge in [-0.2, -0.15) is 0 Å². The normalized spacial score (nSPS) is 15.9. The van der Waals surface area contributed by atoms with Crippen LogP contribution in [-0.2, 0) is 0 Å². The lowest BCUT2D eigenvalue weighted by atomic mass is 9.97. The predicted octanol–water partition coefficient (Wildman–Crippen LogP) is 4.16. The second-order valence-electron chi connectivity index (χ2n) is 5.30. The number of carbonyl (C=O) groups excluding carboxylic acids is 1. The molecule has 1 aliphatic carbocycles. The molecule has 0 heterocycles. The lowest BCUT2D eigenvalue weighted by Crippen LogP contribution is -2.03. The van der Waals surface area contributed by atoms with Crippen molar-refractivity contribution in [3.63, 3.8) is 0 Å². The van der Waals surface area contributed by atoms with E-state index < -0.39 is 0 Å². The minimum Gasteiger partial charge on any atom is -0.496 e. The van der Waals surface area contributed by atoms with Gasteiger partial charge in [0.15, 0.2) is 5.78 Å². The first-order valence-electron chi connectivity index (χ1n) is 6.88. The Morgan fingerprint density at radius 2 is 2.06 bits per heavy atom. The maximum atomic E-state index is 12.1. The third-order valence-corrected chi connectivity index (χ3v) is 3.98. The number of rotatable bonds is 5. The summed E-state index contributed by atoms with van der Waals surface area (Å²) in [5, 5.41) is 0. The van der Waals surface area contributed by atoms with Gasteiger partial charge in [0.05, 0.1) is 7.11 Å². The molecule has 2 rings (SSSR count). The fourth-order valence-corrected chi connectivity index (χ4v) is 2.77. The summed E-state index contributed by atoms with van der Waals surface area (Å²) in [6.07, 6.45) is 7.04. The number of ketones is 1. The number of Topliss-reactive ketones (excluding diaryl/α,β-unsaturated/α-hetero) is 1. The molecule has 98 valence electrons. The van der Waals surface area contributed by atoms with Crippen molar-refractivity contribution in [3.05, 3.63) is 29.3 Å². The molecule has 0 unspecified atom stereocenters. The molecule has 1 aliphatic rings. The van der Waals surface area contributed by atoms with E-state index in [0.717, 1.165) is 29.2 Å². The topological polar surface area (TPSA) is 26.3 Å². The summed E-state index contributed by atoms with van der Waals surface area (Å²) >= 11 is 0. The van der Waals surface area contributed by atoms with Crippen LogP contribution in [0.4, 0.5) is 0 Å². The number of methoxy groups -OCH3 is 1. The molecule has 1 fully saturated rings. The lowest BCUT2D eigenvalue weighted by molar-refractivity contribution is 0.0973. The van der Waals surface area contributed by atoms with E-state index in [1.807, 2.05) is 25.1 Å². The molecule has 2 heteroatoms. The van der Waals surface area contributed by atoms with Crippen molar-refractivity contribution in [1.29, 1.82) is 0 Å². The minimum atomic E-state index is 0.250. The molecule has 0 saturated heterocycles. The van der Waals surface area contributed by atoms with Crippen LogP contribution in [0.25, 0.3) is 0 Å². The lowest BCUT2D eigenvalue weighted by Gasteiger charge is -2.09. The highest BCUT2D eigenvalue weighted by Crippen LogP contribution is 2.29. The monoisotopic (exact) mass is 246 g/mol. The van der Waals surface area contributed by atoms with Gasteiger partial charge in [-0.1, -0.05) is 37.8 Å². The number of hydrogen-bond acceptors (Lipinski definition) is 2. The summed E-state index contributed by atoms with van der Waals surface area (Å²) in [4.78, 5) is 12.1. The van der Waals surface area contributed by atoms with Crippen LogP contribution in [0.3, 0.4) is 0 Å². The Morgan fingerprint density at radius 1 is 1.33 bits per heavy atom. The second kappa shape index (κ2) is 6.03. The van der Waals surface area contributed by atoms with Crippen LogP contribution < -0.4 is 4.74 Å². The van der Waals surface area contributed by atoms with Gasteiger partial charge in [0, 0.05) is 12.0 Å². The summed E-state index contributed by atoms with van der Waals surface area (Å²) in [7, 11) is 1.65. The van der Waals surface area contributed by atoms with Crippen LogP contribution in [0.1, 0.15) is 54.4 Å². The zero-order valence-corrected chi connectivity index (χ0v) is 11.4. The van der Waals surface area contributed by atoms with Crippen molar-refractivity contribution in [2.75, 3.05) is 7.11 Å². The molecule has 1 aromatic rings. The van der Waals surface area contributed by atoms with Crippen LogP contribution in [0.2, 0.25) is 0 Å². The second-order valence-corrected chi connectivity index (χ2v) is 5.30. The first kappa shape index (κ1) is 13.1.